The molecule has 0 radical (unpaired) electrons. The van der Waals surface area contributed by atoms with Crippen molar-refractivity contribution in [2.24, 2.45) is 5.92 Å². The van der Waals surface area contributed by atoms with E-state index >= 15 is 0 Å². The van der Waals surface area contributed by atoms with Gasteiger partial charge in [0.1, 0.15) is 5.15 Å². The lowest BCUT2D eigenvalue weighted by molar-refractivity contribution is -0.145. The first-order chi connectivity index (χ1) is 8.86. The molecule has 0 fully saturated rings. The number of nitrogens with zero attached hydrogens (tertiary/aromatic N) is 2. The standard InChI is InChI=1S/C12H14BrClN2O3/c1-7(12(18)19-3)6-16(2)11(17)9-4-8(13)5-15-10(9)14/h4-5,7H,6H2,1-3H3. The largest absolute Gasteiger partial charge is 0.469 e. The maximum atomic E-state index is 12.2. The molecule has 1 aromatic rings. The van der Waals surface area contributed by atoms with E-state index in [1.165, 1.54) is 18.2 Å². The summed E-state index contributed by atoms with van der Waals surface area (Å²) in [5.41, 5.74) is 0.288. The molecular formula is C12H14BrClN2O3. The second-order valence-electron chi connectivity index (χ2n) is 4.10. The minimum atomic E-state index is -0.405. The van der Waals surface area contributed by atoms with Crippen LogP contribution >= 0.6 is 27.5 Å². The number of ether oxygens (including phenoxy) is 1. The normalized spacial score (nSPS) is 11.8. The van der Waals surface area contributed by atoms with E-state index in [2.05, 4.69) is 25.7 Å². The van der Waals surface area contributed by atoms with Crippen molar-refractivity contribution in [2.45, 2.75) is 6.92 Å². The van der Waals surface area contributed by atoms with E-state index in [9.17, 15) is 9.59 Å². The quantitative estimate of drug-likeness (QED) is 0.618. The minimum Gasteiger partial charge on any atom is -0.469 e. The van der Waals surface area contributed by atoms with E-state index in [1.54, 1.807) is 20.0 Å². The fraction of sp³-hybridized carbons (Fsp3) is 0.417. The number of hydrogen-bond acceptors (Lipinski definition) is 4. The lowest BCUT2D eigenvalue weighted by Crippen LogP contribution is -2.34. The number of methoxy groups -OCH3 is 1. The third-order valence-corrected chi connectivity index (χ3v) is 3.27. The average molecular weight is 350 g/mol. The van der Waals surface area contributed by atoms with E-state index < -0.39 is 5.92 Å². The summed E-state index contributed by atoms with van der Waals surface area (Å²) < 4.78 is 5.28. The molecule has 0 aromatic carbocycles. The van der Waals surface area contributed by atoms with Gasteiger partial charge in [-0.15, -0.1) is 0 Å². The second kappa shape index (κ2) is 6.86. The summed E-state index contributed by atoms with van der Waals surface area (Å²) in [5, 5.41) is 0.130. The van der Waals surface area contributed by atoms with Crippen LogP contribution in [0.25, 0.3) is 0 Å². The number of hydrogen-bond donors (Lipinski definition) is 0. The Morgan fingerprint density at radius 3 is 2.79 bits per heavy atom. The molecule has 0 saturated carbocycles. The van der Waals surface area contributed by atoms with Crippen LogP contribution in [-0.4, -0.2) is 42.5 Å². The van der Waals surface area contributed by atoms with Crippen LogP contribution < -0.4 is 0 Å². The Morgan fingerprint density at radius 1 is 1.58 bits per heavy atom. The second-order valence-corrected chi connectivity index (χ2v) is 5.38. The molecule has 0 spiro atoms. The SMILES string of the molecule is COC(=O)C(C)CN(C)C(=O)c1cc(Br)cnc1Cl. The zero-order valence-corrected chi connectivity index (χ0v) is 13.2. The van der Waals surface area contributed by atoms with Gasteiger partial charge < -0.3 is 9.64 Å². The van der Waals surface area contributed by atoms with Gasteiger partial charge in [-0.3, -0.25) is 9.59 Å². The number of halogens is 2. The summed E-state index contributed by atoms with van der Waals surface area (Å²) in [6.45, 7) is 1.94. The molecule has 0 aliphatic heterocycles. The smallest absolute Gasteiger partial charge is 0.310 e. The predicted octanol–water partition coefficient (Wildman–Crippen LogP) is 2.38. The van der Waals surface area contributed by atoms with Gasteiger partial charge in [0.05, 0.1) is 18.6 Å². The zero-order valence-electron chi connectivity index (χ0n) is 10.8. The van der Waals surface area contributed by atoms with Crippen molar-refractivity contribution in [3.63, 3.8) is 0 Å². The molecule has 1 amide bonds. The Labute approximate surface area is 125 Å². The summed E-state index contributed by atoms with van der Waals surface area (Å²) >= 11 is 9.12. The molecule has 0 aliphatic carbocycles. The van der Waals surface area contributed by atoms with Gasteiger partial charge in [0.2, 0.25) is 0 Å². The Kier molecular flexibility index (Phi) is 5.75. The van der Waals surface area contributed by atoms with Crippen molar-refractivity contribution in [3.05, 3.63) is 27.5 Å². The van der Waals surface area contributed by atoms with Gasteiger partial charge in [-0.1, -0.05) is 18.5 Å². The first kappa shape index (κ1) is 15.9. The van der Waals surface area contributed by atoms with Crippen LogP contribution in [0.3, 0.4) is 0 Å². The molecule has 7 heteroatoms. The molecule has 1 aromatic heterocycles. The Balaban J connectivity index is 2.82. The van der Waals surface area contributed by atoms with Crippen molar-refractivity contribution in [1.82, 2.24) is 9.88 Å². The number of amides is 1. The molecule has 5 nitrogen and oxygen atoms in total. The fourth-order valence-electron chi connectivity index (χ4n) is 1.55. The van der Waals surface area contributed by atoms with Gasteiger partial charge in [-0.05, 0) is 22.0 Å². The Bertz CT molecular complexity index is 496. The summed E-state index contributed by atoms with van der Waals surface area (Å²) in [6.07, 6.45) is 1.51. The van der Waals surface area contributed by atoms with Crippen molar-refractivity contribution >= 4 is 39.4 Å². The van der Waals surface area contributed by atoms with Gasteiger partial charge in [-0.25, -0.2) is 4.98 Å². The highest BCUT2D eigenvalue weighted by atomic mass is 79.9. The number of aromatic nitrogens is 1. The highest BCUT2D eigenvalue weighted by Crippen LogP contribution is 2.19. The molecule has 1 atom stereocenters. The lowest BCUT2D eigenvalue weighted by atomic mass is 10.1. The van der Waals surface area contributed by atoms with Crippen LogP contribution in [-0.2, 0) is 9.53 Å². The van der Waals surface area contributed by atoms with Gasteiger partial charge in [0, 0.05) is 24.3 Å². The summed E-state index contributed by atoms with van der Waals surface area (Å²) in [7, 11) is 2.91. The topological polar surface area (TPSA) is 59.5 Å². The highest BCUT2D eigenvalue weighted by Gasteiger charge is 2.21. The number of carbonyl (C=O) groups excluding carboxylic acids is 2. The number of pyridine rings is 1. The maximum Gasteiger partial charge on any atom is 0.310 e. The van der Waals surface area contributed by atoms with Crippen molar-refractivity contribution in [1.29, 1.82) is 0 Å². The van der Waals surface area contributed by atoms with Crippen LogP contribution in [0.15, 0.2) is 16.7 Å². The Hall–Kier alpha value is -1.14. The molecule has 0 aliphatic rings. The predicted molar refractivity (Wildman–Crippen MR) is 75.1 cm³/mol. The minimum absolute atomic E-state index is 0.130. The summed E-state index contributed by atoms with van der Waals surface area (Å²) in [6, 6.07) is 1.59. The average Bonchev–Trinajstić information content (AvgIpc) is 2.39. The van der Waals surface area contributed by atoms with E-state index in [-0.39, 0.29) is 29.1 Å². The molecule has 0 N–H and O–H groups in total. The molecule has 1 unspecified atom stereocenters. The van der Waals surface area contributed by atoms with Crippen LogP contribution in [0.4, 0.5) is 0 Å². The molecule has 0 saturated heterocycles. The molecule has 0 bridgehead atoms. The molecule has 1 heterocycles. The zero-order chi connectivity index (χ0) is 14.6. The highest BCUT2D eigenvalue weighted by molar-refractivity contribution is 9.10. The van der Waals surface area contributed by atoms with Gasteiger partial charge in [0.25, 0.3) is 5.91 Å². The monoisotopic (exact) mass is 348 g/mol. The first-order valence-corrected chi connectivity index (χ1v) is 6.68. The number of esters is 1. The first-order valence-electron chi connectivity index (χ1n) is 5.51. The Morgan fingerprint density at radius 2 is 2.21 bits per heavy atom. The molecule has 19 heavy (non-hydrogen) atoms. The van der Waals surface area contributed by atoms with Crippen LogP contribution in [0.5, 0.6) is 0 Å². The number of rotatable bonds is 4. The van der Waals surface area contributed by atoms with Crippen molar-refractivity contribution in [2.75, 3.05) is 20.7 Å². The van der Waals surface area contributed by atoms with E-state index in [0.29, 0.717) is 4.47 Å². The van der Waals surface area contributed by atoms with Gasteiger partial charge >= 0.3 is 5.97 Å². The third-order valence-electron chi connectivity index (χ3n) is 2.53. The van der Waals surface area contributed by atoms with E-state index in [4.69, 9.17) is 11.6 Å². The van der Waals surface area contributed by atoms with E-state index in [0.717, 1.165) is 0 Å². The van der Waals surface area contributed by atoms with E-state index in [1.807, 2.05) is 0 Å². The lowest BCUT2D eigenvalue weighted by Gasteiger charge is -2.20. The van der Waals surface area contributed by atoms with Crippen LogP contribution in [0, 0.1) is 5.92 Å². The van der Waals surface area contributed by atoms with Crippen molar-refractivity contribution < 1.29 is 14.3 Å². The van der Waals surface area contributed by atoms with Crippen LogP contribution in [0.1, 0.15) is 17.3 Å². The summed E-state index contributed by atoms with van der Waals surface area (Å²) in [4.78, 5) is 28.8. The third kappa shape index (κ3) is 4.18. The molecular weight excluding hydrogens is 336 g/mol. The van der Waals surface area contributed by atoms with Gasteiger partial charge in [0.15, 0.2) is 0 Å². The summed E-state index contributed by atoms with van der Waals surface area (Å²) in [5.74, 6) is -1.06. The molecule has 1 rings (SSSR count). The van der Waals surface area contributed by atoms with Gasteiger partial charge in [-0.2, -0.15) is 0 Å². The fourth-order valence-corrected chi connectivity index (χ4v) is 2.06. The van der Waals surface area contributed by atoms with Crippen molar-refractivity contribution in [3.8, 4) is 0 Å². The maximum absolute atomic E-state index is 12.2. The van der Waals surface area contributed by atoms with Crippen LogP contribution in [0.2, 0.25) is 5.15 Å². The number of carbonyl (C=O) groups is 2. The molecule has 104 valence electrons.